The van der Waals surface area contributed by atoms with Gasteiger partial charge >= 0.3 is 18.2 Å². The van der Waals surface area contributed by atoms with Crippen molar-refractivity contribution in [2.24, 2.45) is 0 Å². The third-order valence-electron chi connectivity index (χ3n) is 3.70. The normalized spacial score (nSPS) is 11.4. The van der Waals surface area contributed by atoms with Crippen molar-refractivity contribution in [3.05, 3.63) is 52.4 Å². The van der Waals surface area contributed by atoms with Gasteiger partial charge in [-0.1, -0.05) is 0 Å². The van der Waals surface area contributed by atoms with Gasteiger partial charge in [0.25, 0.3) is 0 Å². The fourth-order valence-electron chi connectivity index (χ4n) is 2.61. The summed E-state index contributed by atoms with van der Waals surface area (Å²) in [7, 11) is 0. The van der Waals surface area contributed by atoms with Gasteiger partial charge in [0.15, 0.2) is 46.5 Å². The molecule has 11 heteroatoms. The van der Waals surface area contributed by atoms with Gasteiger partial charge in [-0.05, 0) is 0 Å². The minimum atomic E-state index is -2.43. The second kappa shape index (κ2) is 6.20. The minimum Gasteiger partial charge on any atom is -0.296 e. The van der Waals surface area contributed by atoms with E-state index in [0.717, 1.165) is 0 Å². The number of rotatable bonds is 1. The summed E-state index contributed by atoms with van der Waals surface area (Å²) < 4.78 is 124. The molecule has 0 N–H and O–H groups in total. The van der Waals surface area contributed by atoms with E-state index in [-0.39, 0.29) is 0 Å². The first kappa shape index (κ1) is 18.6. The molecule has 0 saturated heterocycles. The molecule has 0 fully saturated rings. The predicted molar refractivity (Wildman–Crippen MR) is 75.4 cm³/mol. The van der Waals surface area contributed by atoms with Crippen molar-refractivity contribution < 1.29 is 39.5 Å². The minimum absolute atomic E-state index is 0.790. The molecule has 128 valence electrons. The summed E-state index contributed by atoms with van der Waals surface area (Å²) in [6.45, 7) is 0. The molecule has 0 aliphatic rings. The summed E-state index contributed by atoms with van der Waals surface area (Å²) in [5.74, 6) is -19.9. The Morgan fingerprint density at radius 3 is 1.12 bits per heavy atom. The van der Waals surface area contributed by atoms with Gasteiger partial charge in [-0.2, -0.15) is 0 Å². The van der Waals surface area contributed by atoms with Crippen LogP contribution in [0.15, 0.2) is 0 Å². The lowest BCUT2D eigenvalue weighted by atomic mass is 9.98. The van der Waals surface area contributed by atoms with Gasteiger partial charge in [0.2, 0.25) is 0 Å². The highest BCUT2D eigenvalue weighted by atomic mass is 79.9. The van der Waals surface area contributed by atoms with Crippen LogP contribution >= 0.6 is 12.9 Å². The second-order valence-corrected chi connectivity index (χ2v) is 7.59. The fraction of sp³-hybridized carbons (Fsp3) is 0. The maximum absolute atomic E-state index is 14.5. The van der Waals surface area contributed by atoms with E-state index in [1.807, 2.05) is 0 Å². The van der Waals surface area contributed by atoms with Crippen LogP contribution in [0, 0.1) is 52.4 Å². The van der Waals surface area contributed by atoms with Gasteiger partial charge in [0, 0.05) is 16.2 Å². The highest BCUT2D eigenvalue weighted by molar-refractivity contribution is 9.23. The Bertz CT molecular complexity index is 1080. The number of hydrogen-bond acceptors (Lipinski definition) is 0. The van der Waals surface area contributed by atoms with E-state index in [2.05, 4.69) is 12.9 Å². The lowest BCUT2D eigenvalue weighted by Gasteiger charge is -2.16. The molecule has 0 heterocycles. The van der Waals surface area contributed by atoms with Crippen molar-refractivity contribution in [2.75, 3.05) is 0 Å². The summed E-state index contributed by atoms with van der Waals surface area (Å²) in [5, 5.41) is -5.69. The average Bonchev–Trinajstić information content (AvgIpc) is 2.59. The smallest absolute Gasteiger partial charge is 0.296 e. The van der Waals surface area contributed by atoms with E-state index < -0.39 is 95.8 Å². The first-order valence-electron chi connectivity index (χ1n) is 6.32. The van der Waals surface area contributed by atoms with Crippen molar-refractivity contribution in [3.8, 4) is 0 Å². The third-order valence-corrected chi connectivity index (χ3v) is 6.32. The molecule has 0 bridgehead atoms. The van der Waals surface area contributed by atoms with Crippen LogP contribution in [0.25, 0.3) is 21.5 Å². The molecule has 0 aromatic heterocycles. The number of halogens is 10. The van der Waals surface area contributed by atoms with Gasteiger partial charge < -0.3 is 0 Å². The number of hydrogen-bond donors (Lipinski definition) is 0. The Hall–Kier alpha value is -1.20. The quantitative estimate of drug-likeness (QED) is 0.165. The molecule has 0 saturated carbocycles. The van der Waals surface area contributed by atoms with E-state index in [9.17, 15) is 39.5 Å². The largest absolute Gasteiger partial charge is 0.512 e. The Labute approximate surface area is 148 Å². The Balaban J connectivity index is 2.87. The molecule has 0 spiro atoms. The van der Waals surface area contributed by atoms with Crippen LogP contribution in [0.1, 0.15) is 0 Å². The van der Waals surface area contributed by atoms with Crippen molar-refractivity contribution in [1.29, 1.82) is 0 Å². The molecule has 0 aliphatic heterocycles. The molecule has 3 aromatic rings. The topological polar surface area (TPSA) is 0 Å². The highest BCUT2D eigenvalue weighted by Gasteiger charge is 2.32. The zero-order valence-electron chi connectivity index (χ0n) is 11.5. The summed E-state index contributed by atoms with van der Waals surface area (Å²) in [6.07, 6.45) is 0. The second-order valence-electron chi connectivity index (χ2n) is 4.94. The predicted octanol–water partition coefficient (Wildman–Crippen LogP) is 4.88. The summed E-state index contributed by atoms with van der Waals surface area (Å²) in [5.41, 5.74) is 0. The Morgan fingerprint density at radius 2 is 0.720 bits per heavy atom. The van der Waals surface area contributed by atoms with Crippen LogP contribution in [-0.4, -0.2) is 18.2 Å². The van der Waals surface area contributed by atoms with Crippen LogP contribution in [-0.2, 0) is 0 Å². The Morgan fingerprint density at radius 1 is 0.400 bits per heavy atom. The molecule has 3 rings (SSSR count). The lowest BCUT2D eigenvalue weighted by Crippen LogP contribution is -2.20. The monoisotopic (exact) mass is 442 g/mol. The van der Waals surface area contributed by atoms with Crippen LogP contribution in [0.3, 0.4) is 0 Å². The first-order chi connectivity index (χ1) is 11.6. The molecule has 3 aromatic carbocycles. The molecular weight excluding hydrogens is 443 g/mol. The Kier molecular flexibility index (Phi) is 4.61. The molecule has 0 aliphatic carbocycles. The van der Waals surface area contributed by atoms with Crippen molar-refractivity contribution in [3.63, 3.8) is 0 Å². The van der Waals surface area contributed by atoms with Gasteiger partial charge in [-0.3, -0.25) is 12.9 Å². The average molecular weight is 443 g/mol. The molecule has 0 nitrogen and oxygen atoms in total. The lowest BCUT2D eigenvalue weighted by molar-refractivity contribution is 0.413. The van der Waals surface area contributed by atoms with Crippen molar-refractivity contribution in [1.82, 2.24) is 0 Å². The summed E-state index contributed by atoms with van der Waals surface area (Å²) in [4.78, 5) is 0. The van der Waals surface area contributed by atoms with Gasteiger partial charge in [-0.15, -0.1) is 3.69 Å². The molecule has 0 radical (unpaired) electrons. The van der Waals surface area contributed by atoms with E-state index in [4.69, 9.17) is 0 Å². The van der Waals surface area contributed by atoms with Gasteiger partial charge in [-0.25, -0.2) is 39.5 Å². The SMILES string of the molecule is Fc1c(F)c(F)c2c(c1F)c(F)[c]([Mg][Br])c1c(F)c(F)c(F)c(F)c12. The van der Waals surface area contributed by atoms with Gasteiger partial charge in [0.05, 0.1) is 5.39 Å². The third kappa shape index (κ3) is 2.35. The van der Waals surface area contributed by atoms with Crippen LogP contribution in [0.4, 0.5) is 39.5 Å². The molecule has 0 atom stereocenters. The number of benzene rings is 3. The summed E-state index contributed by atoms with van der Waals surface area (Å²) >= 11 is 0.775. The zero-order chi connectivity index (χ0) is 18.8. The van der Waals surface area contributed by atoms with Crippen molar-refractivity contribution in [2.45, 2.75) is 0 Å². The van der Waals surface area contributed by atoms with E-state index in [0.29, 0.717) is 0 Å². The molecule has 0 amide bonds. The first-order valence-corrected chi connectivity index (χ1v) is 10.9. The zero-order valence-corrected chi connectivity index (χ0v) is 14.5. The fourth-order valence-corrected chi connectivity index (χ4v) is 4.95. The van der Waals surface area contributed by atoms with E-state index >= 15 is 0 Å². The van der Waals surface area contributed by atoms with Gasteiger partial charge in [0.1, 0.15) is 5.82 Å². The molecule has 0 unspecified atom stereocenters. The standard InChI is InChI=1S/C14F9.BrH.Mg/c15-3-1-2-4(8(17)12(21)11(20)7(2)16)6-5(3)9(18)13(22)14(23)10(6)19;;/h;1H;/q;;+1/p-1. The van der Waals surface area contributed by atoms with E-state index in [1.54, 1.807) is 0 Å². The summed E-state index contributed by atoms with van der Waals surface area (Å²) in [6, 6.07) is 0. The van der Waals surface area contributed by atoms with Crippen LogP contribution < -0.4 is 3.69 Å². The molecular formula is C14BrF9Mg. The molecule has 25 heavy (non-hydrogen) atoms. The maximum atomic E-state index is 14.5. The highest BCUT2D eigenvalue weighted by Crippen LogP contribution is 2.37. The van der Waals surface area contributed by atoms with Crippen LogP contribution in [0.5, 0.6) is 0 Å². The number of fused-ring (bicyclic) bond motifs is 3. The van der Waals surface area contributed by atoms with E-state index in [1.165, 1.54) is 0 Å². The van der Waals surface area contributed by atoms with Crippen molar-refractivity contribution >= 4 is 56.3 Å². The maximum Gasteiger partial charge on any atom is 0.512 e. The van der Waals surface area contributed by atoms with Crippen LogP contribution in [0.2, 0.25) is 0 Å².